The fourth-order valence-electron chi connectivity index (χ4n) is 4.26. The second kappa shape index (κ2) is 8.37. The van der Waals surface area contributed by atoms with E-state index in [0.29, 0.717) is 18.0 Å². The van der Waals surface area contributed by atoms with E-state index in [-0.39, 0.29) is 28.2 Å². The Morgan fingerprint density at radius 3 is 2.45 bits per heavy atom. The van der Waals surface area contributed by atoms with Crippen molar-refractivity contribution in [2.24, 2.45) is 0 Å². The highest BCUT2D eigenvalue weighted by Crippen LogP contribution is 2.38. The van der Waals surface area contributed by atoms with Crippen molar-refractivity contribution in [2.75, 3.05) is 13.7 Å². The summed E-state index contributed by atoms with van der Waals surface area (Å²) in [6.07, 6.45) is 0.566. The fraction of sp³-hybridized carbons (Fsp3) is 0.154. The van der Waals surface area contributed by atoms with Crippen LogP contribution in [0.5, 0.6) is 5.75 Å². The lowest BCUT2D eigenvalue weighted by Gasteiger charge is -2.25. The van der Waals surface area contributed by atoms with Gasteiger partial charge in [-0.15, -0.1) is 0 Å². The third-order valence-corrected chi connectivity index (χ3v) is 6.17. The molecule has 0 N–H and O–H groups in total. The molecule has 4 aromatic rings. The van der Waals surface area contributed by atoms with Crippen LogP contribution >= 0.6 is 11.6 Å². The van der Waals surface area contributed by atoms with Gasteiger partial charge in [0.15, 0.2) is 5.43 Å². The van der Waals surface area contributed by atoms with E-state index >= 15 is 0 Å². The standard InChI is InChI=1S/C26H19ClFNO4/c1-32-19-9-2-15(3-10-19)12-13-29-23(16-4-6-17(27)7-5-16)22-24(30)20-14-18(28)8-11-21(20)33-25(22)26(29)31/h2-11,14,23H,12-13H2,1H3/t23-/m0/s1. The number of halogens is 2. The molecule has 7 heteroatoms. The van der Waals surface area contributed by atoms with Crippen molar-refractivity contribution < 1.29 is 18.3 Å². The maximum atomic E-state index is 13.9. The van der Waals surface area contributed by atoms with Crippen LogP contribution < -0.4 is 10.2 Å². The third kappa shape index (κ3) is 3.76. The maximum absolute atomic E-state index is 13.9. The Kier molecular flexibility index (Phi) is 5.38. The molecule has 0 fully saturated rings. The lowest BCUT2D eigenvalue weighted by atomic mass is 9.98. The highest BCUT2D eigenvalue weighted by atomic mass is 35.5. The van der Waals surface area contributed by atoms with Crippen LogP contribution in [0.25, 0.3) is 11.0 Å². The zero-order valence-corrected chi connectivity index (χ0v) is 18.4. The quantitative estimate of drug-likeness (QED) is 0.398. The molecule has 5 rings (SSSR count). The second-order valence-corrected chi connectivity index (χ2v) is 8.30. The Bertz CT molecular complexity index is 1410. The van der Waals surface area contributed by atoms with Crippen molar-refractivity contribution in [1.29, 1.82) is 0 Å². The van der Waals surface area contributed by atoms with Crippen LogP contribution in [0.2, 0.25) is 5.02 Å². The fourth-order valence-corrected chi connectivity index (χ4v) is 4.38. The number of amides is 1. The van der Waals surface area contributed by atoms with Gasteiger partial charge in [-0.25, -0.2) is 4.39 Å². The van der Waals surface area contributed by atoms with Gasteiger partial charge in [0.2, 0.25) is 5.76 Å². The first-order valence-corrected chi connectivity index (χ1v) is 10.8. The molecule has 0 aliphatic carbocycles. The van der Waals surface area contributed by atoms with Crippen molar-refractivity contribution in [3.8, 4) is 5.75 Å². The molecule has 0 unspecified atom stereocenters. The lowest BCUT2D eigenvalue weighted by molar-refractivity contribution is 0.0730. The Hall–Kier alpha value is -3.64. The van der Waals surface area contributed by atoms with E-state index in [1.165, 1.54) is 12.1 Å². The smallest absolute Gasteiger partial charge is 0.290 e. The summed E-state index contributed by atoms with van der Waals surface area (Å²) < 4.78 is 24.9. The van der Waals surface area contributed by atoms with Gasteiger partial charge in [0.25, 0.3) is 5.91 Å². The maximum Gasteiger partial charge on any atom is 0.290 e. The molecule has 5 nitrogen and oxygen atoms in total. The van der Waals surface area contributed by atoms with Crippen LogP contribution in [0, 0.1) is 5.82 Å². The molecular weight excluding hydrogens is 445 g/mol. The molecule has 166 valence electrons. The molecule has 0 radical (unpaired) electrons. The number of nitrogens with zero attached hydrogens (tertiary/aromatic N) is 1. The number of hydrogen-bond acceptors (Lipinski definition) is 4. The Labute approximate surface area is 194 Å². The highest BCUT2D eigenvalue weighted by Gasteiger charge is 2.42. The van der Waals surface area contributed by atoms with Gasteiger partial charge >= 0.3 is 0 Å². The van der Waals surface area contributed by atoms with Gasteiger partial charge in [0, 0.05) is 11.6 Å². The van der Waals surface area contributed by atoms with Gasteiger partial charge in [0.1, 0.15) is 17.1 Å². The van der Waals surface area contributed by atoms with Gasteiger partial charge in [-0.3, -0.25) is 9.59 Å². The topological polar surface area (TPSA) is 59.8 Å². The van der Waals surface area contributed by atoms with E-state index < -0.39 is 17.3 Å². The minimum Gasteiger partial charge on any atom is -0.497 e. The molecular formula is C26H19ClFNO4. The number of carbonyl (C=O) groups excluding carboxylic acids is 1. The van der Waals surface area contributed by atoms with E-state index in [4.69, 9.17) is 20.8 Å². The van der Waals surface area contributed by atoms with Crippen molar-refractivity contribution >= 4 is 28.5 Å². The summed E-state index contributed by atoms with van der Waals surface area (Å²) >= 11 is 6.06. The molecule has 0 saturated carbocycles. The van der Waals surface area contributed by atoms with Gasteiger partial charge in [-0.05, 0) is 60.0 Å². The van der Waals surface area contributed by atoms with Crippen LogP contribution in [0.15, 0.2) is 75.9 Å². The van der Waals surface area contributed by atoms with Gasteiger partial charge in [-0.1, -0.05) is 35.9 Å². The number of ether oxygens (including phenoxy) is 1. The zero-order chi connectivity index (χ0) is 23.1. The number of carbonyl (C=O) groups is 1. The van der Waals surface area contributed by atoms with Gasteiger partial charge < -0.3 is 14.1 Å². The van der Waals surface area contributed by atoms with Crippen LogP contribution in [0.3, 0.4) is 0 Å². The third-order valence-electron chi connectivity index (χ3n) is 5.91. The highest BCUT2D eigenvalue weighted by molar-refractivity contribution is 6.30. The van der Waals surface area contributed by atoms with Crippen molar-refractivity contribution in [1.82, 2.24) is 4.90 Å². The minimum atomic E-state index is -0.660. The van der Waals surface area contributed by atoms with Crippen LogP contribution in [0.1, 0.15) is 33.3 Å². The van der Waals surface area contributed by atoms with Gasteiger partial charge in [-0.2, -0.15) is 0 Å². The Balaban J connectivity index is 1.60. The predicted octanol–water partition coefficient (Wildman–Crippen LogP) is 5.38. The molecule has 3 aromatic carbocycles. The summed E-state index contributed by atoms with van der Waals surface area (Å²) in [5, 5.41) is 0.651. The largest absolute Gasteiger partial charge is 0.497 e. The normalized spacial score (nSPS) is 15.2. The molecule has 0 saturated heterocycles. The average Bonchev–Trinajstić information content (AvgIpc) is 3.11. The first-order chi connectivity index (χ1) is 16.0. The molecule has 1 amide bonds. The van der Waals surface area contributed by atoms with E-state index in [9.17, 15) is 14.0 Å². The SMILES string of the molecule is COc1ccc(CCN2C(=O)c3oc4ccc(F)cc4c(=O)c3[C@@H]2c2ccc(Cl)cc2)cc1. The first kappa shape index (κ1) is 21.2. The first-order valence-electron chi connectivity index (χ1n) is 10.4. The second-order valence-electron chi connectivity index (χ2n) is 7.87. The summed E-state index contributed by atoms with van der Waals surface area (Å²) in [5.41, 5.74) is 1.73. The number of rotatable bonds is 5. The Morgan fingerprint density at radius 2 is 1.76 bits per heavy atom. The average molecular weight is 464 g/mol. The lowest BCUT2D eigenvalue weighted by Crippen LogP contribution is -2.31. The number of fused-ring (bicyclic) bond motifs is 2. The van der Waals surface area contributed by atoms with E-state index in [1.807, 2.05) is 24.3 Å². The summed E-state index contributed by atoms with van der Waals surface area (Å²) in [5.74, 6) is -0.176. The monoisotopic (exact) mass is 463 g/mol. The van der Waals surface area contributed by atoms with Crippen LogP contribution in [-0.2, 0) is 6.42 Å². The molecule has 0 bridgehead atoms. The van der Waals surface area contributed by atoms with Gasteiger partial charge in [0.05, 0.1) is 24.1 Å². The molecule has 1 atom stereocenters. The van der Waals surface area contributed by atoms with Crippen LogP contribution in [0.4, 0.5) is 4.39 Å². The minimum absolute atomic E-state index is 0.00575. The molecule has 1 aromatic heterocycles. The van der Waals surface area contributed by atoms with Crippen molar-refractivity contribution in [3.05, 3.63) is 110 Å². The molecule has 1 aliphatic rings. The Morgan fingerprint density at radius 1 is 1.03 bits per heavy atom. The summed E-state index contributed by atoms with van der Waals surface area (Å²) in [4.78, 5) is 28.4. The molecule has 33 heavy (non-hydrogen) atoms. The van der Waals surface area contributed by atoms with Crippen molar-refractivity contribution in [3.63, 3.8) is 0 Å². The number of hydrogen-bond donors (Lipinski definition) is 0. The summed E-state index contributed by atoms with van der Waals surface area (Å²) in [7, 11) is 1.60. The number of methoxy groups -OCH3 is 1. The summed E-state index contributed by atoms with van der Waals surface area (Å²) in [6, 6.07) is 17.6. The van der Waals surface area contributed by atoms with Crippen LogP contribution in [-0.4, -0.2) is 24.5 Å². The van der Waals surface area contributed by atoms with E-state index in [0.717, 1.165) is 22.9 Å². The summed E-state index contributed by atoms with van der Waals surface area (Å²) in [6.45, 7) is 0.354. The van der Waals surface area contributed by atoms with E-state index in [1.54, 1.807) is 36.3 Å². The predicted molar refractivity (Wildman–Crippen MR) is 123 cm³/mol. The molecule has 1 aliphatic heterocycles. The molecule has 2 heterocycles. The number of benzene rings is 3. The zero-order valence-electron chi connectivity index (χ0n) is 17.7. The molecule has 0 spiro atoms. The van der Waals surface area contributed by atoms with Crippen molar-refractivity contribution in [2.45, 2.75) is 12.5 Å². The van der Waals surface area contributed by atoms with E-state index in [2.05, 4.69) is 0 Å².